The fourth-order valence-electron chi connectivity index (χ4n) is 3.85. The van der Waals surface area contributed by atoms with Gasteiger partial charge in [-0.15, -0.1) is 0 Å². The number of amides is 1. The van der Waals surface area contributed by atoms with Gasteiger partial charge in [0.2, 0.25) is 5.91 Å². The first kappa shape index (κ1) is 18.1. The number of pyridine rings is 1. The molecule has 9 heteroatoms. The number of aryl methyl sites for hydroxylation is 1. The summed E-state index contributed by atoms with van der Waals surface area (Å²) >= 11 is 0. The van der Waals surface area contributed by atoms with Gasteiger partial charge >= 0.3 is 0 Å². The summed E-state index contributed by atoms with van der Waals surface area (Å²) in [5.74, 6) is 1.23. The first-order valence-electron chi connectivity index (χ1n) is 9.73. The lowest BCUT2D eigenvalue weighted by Crippen LogP contribution is -2.60. The molecular weight excluding hydrogens is 375 g/mol. The van der Waals surface area contributed by atoms with Crippen molar-refractivity contribution in [3.8, 4) is 17.0 Å². The number of alkyl halides is 1. The molecule has 1 saturated heterocycles. The highest BCUT2D eigenvalue weighted by Gasteiger charge is 2.42. The second-order valence-electron chi connectivity index (χ2n) is 8.17. The number of hydrogen-bond donors (Lipinski definition) is 1. The van der Waals surface area contributed by atoms with Crippen molar-refractivity contribution in [2.75, 3.05) is 32.1 Å². The molecule has 2 aliphatic rings. The number of ether oxygens (including phenoxy) is 1. The van der Waals surface area contributed by atoms with Crippen LogP contribution in [0.15, 0.2) is 30.6 Å². The smallest absolute Gasteiger partial charge is 0.228 e. The molecule has 152 valence electrons. The lowest BCUT2D eigenvalue weighted by Gasteiger charge is -2.41. The van der Waals surface area contributed by atoms with Gasteiger partial charge in [-0.05, 0) is 32.0 Å². The minimum atomic E-state index is -1.31. The third-order valence-corrected chi connectivity index (χ3v) is 5.43. The fraction of sp³-hybridized carbons (Fsp3) is 0.450. The molecule has 5 rings (SSSR count). The average Bonchev–Trinajstić information content (AvgIpc) is 3.34. The lowest BCUT2D eigenvalue weighted by atomic mass is 9.99. The standard InChI is InChI=1S/C20H23FN6O2/c1-25-10-20(21,11-25)12-29-16-9-22-26(2)18(16)14-5-6-27-15(7-14)8-17(24-27)23-19(28)13-3-4-13/h5-9,13H,3-4,10-12H2,1-2H3,(H,23,24,28). The Morgan fingerprint density at radius 3 is 2.86 bits per heavy atom. The van der Waals surface area contributed by atoms with Gasteiger partial charge < -0.3 is 10.1 Å². The van der Waals surface area contributed by atoms with Crippen LogP contribution in [0.4, 0.5) is 10.2 Å². The molecule has 1 N–H and O–H groups in total. The zero-order valence-corrected chi connectivity index (χ0v) is 16.4. The zero-order chi connectivity index (χ0) is 20.2. The number of likely N-dealkylation sites (tertiary alicyclic amines) is 1. The predicted octanol–water partition coefficient (Wildman–Crippen LogP) is 2.12. The van der Waals surface area contributed by atoms with Crippen LogP contribution in [0.5, 0.6) is 5.75 Å². The molecule has 0 spiro atoms. The summed E-state index contributed by atoms with van der Waals surface area (Å²) in [7, 11) is 3.71. The van der Waals surface area contributed by atoms with E-state index in [2.05, 4.69) is 15.5 Å². The van der Waals surface area contributed by atoms with E-state index in [1.54, 1.807) is 15.4 Å². The SMILES string of the molecule is CN1CC(F)(COc2cnn(C)c2-c2ccn3nc(NC(=O)C4CC4)cc3c2)C1. The molecule has 1 saturated carbocycles. The van der Waals surface area contributed by atoms with Crippen molar-refractivity contribution in [2.24, 2.45) is 13.0 Å². The van der Waals surface area contributed by atoms with Crippen molar-refractivity contribution in [3.63, 3.8) is 0 Å². The van der Waals surface area contributed by atoms with Gasteiger partial charge in [0.05, 0.1) is 11.7 Å². The molecule has 29 heavy (non-hydrogen) atoms. The number of aromatic nitrogens is 4. The van der Waals surface area contributed by atoms with Crippen LogP contribution in [0.3, 0.4) is 0 Å². The van der Waals surface area contributed by atoms with Crippen LogP contribution in [0.2, 0.25) is 0 Å². The second-order valence-corrected chi connectivity index (χ2v) is 8.17. The Balaban J connectivity index is 1.38. The minimum Gasteiger partial charge on any atom is -0.486 e. The monoisotopic (exact) mass is 398 g/mol. The van der Waals surface area contributed by atoms with Crippen molar-refractivity contribution in [1.29, 1.82) is 0 Å². The maximum Gasteiger partial charge on any atom is 0.228 e. The third kappa shape index (κ3) is 3.46. The van der Waals surface area contributed by atoms with Crippen LogP contribution < -0.4 is 10.1 Å². The van der Waals surface area contributed by atoms with E-state index in [1.807, 2.05) is 43.4 Å². The maximum atomic E-state index is 14.5. The van der Waals surface area contributed by atoms with Crippen LogP contribution in [0.25, 0.3) is 16.8 Å². The summed E-state index contributed by atoms with van der Waals surface area (Å²) in [6, 6.07) is 5.69. The fourth-order valence-corrected chi connectivity index (χ4v) is 3.85. The van der Waals surface area contributed by atoms with E-state index >= 15 is 0 Å². The highest BCUT2D eigenvalue weighted by molar-refractivity contribution is 5.93. The van der Waals surface area contributed by atoms with Crippen molar-refractivity contribution >= 4 is 17.2 Å². The number of hydrogen-bond acceptors (Lipinski definition) is 5. The van der Waals surface area contributed by atoms with Crippen molar-refractivity contribution < 1.29 is 13.9 Å². The van der Waals surface area contributed by atoms with E-state index in [0.717, 1.165) is 29.6 Å². The van der Waals surface area contributed by atoms with Crippen LogP contribution in [-0.2, 0) is 11.8 Å². The van der Waals surface area contributed by atoms with Gasteiger partial charge in [0.1, 0.15) is 12.3 Å². The van der Waals surface area contributed by atoms with Crippen LogP contribution in [0, 0.1) is 5.92 Å². The summed E-state index contributed by atoms with van der Waals surface area (Å²) in [4.78, 5) is 13.9. The molecule has 0 bridgehead atoms. The summed E-state index contributed by atoms with van der Waals surface area (Å²) < 4.78 is 23.8. The number of fused-ring (bicyclic) bond motifs is 1. The quantitative estimate of drug-likeness (QED) is 0.688. The Hall–Kier alpha value is -2.94. The molecule has 0 aromatic carbocycles. The number of nitrogens with zero attached hydrogens (tertiary/aromatic N) is 5. The summed E-state index contributed by atoms with van der Waals surface area (Å²) in [6.07, 6.45) is 5.33. The number of rotatable bonds is 6. The van der Waals surface area contributed by atoms with Gasteiger partial charge in [-0.1, -0.05) is 0 Å². The molecule has 4 heterocycles. The summed E-state index contributed by atoms with van der Waals surface area (Å²) in [5, 5.41) is 11.5. The van der Waals surface area contributed by atoms with Gasteiger partial charge in [0.25, 0.3) is 0 Å². The van der Waals surface area contributed by atoms with Crippen LogP contribution in [0.1, 0.15) is 12.8 Å². The average molecular weight is 398 g/mol. The topological polar surface area (TPSA) is 76.7 Å². The highest BCUT2D eigenvalue weighted by atomic mass is 19.1. The van der Waals surface area contributed by atoms with Crippen molar-refractivity contribution in [3.05, 3.63) is 30.6 Å². The maximum absolute atomic E-state index is 14.5. The molecule has 3 aromatic rings. The normalized spacial score (nSPS) is 18.6. The number of halogens is 1. The van der Waals surface area contributed by atoms with E-state index in [9.17, 15) is 9.18 Å². The molecule has 1 amide bonds. The highest BCUT2D eigenvalue weighted by Crippen LogP contribution is 2.33. The summed E-state index contributed by atoms with van der Waals surface area (Å²) in [5.41, 5.74) is 1.18. The molecular formula is C20H23FN6O2. The number of anilines is 1. The predicted molar refractivity (Wildman–Crippen MR) is 106 cm³/mol. The van der Waals surface area contributed by atoms with E-state index in [1.165, 1.54) is 0 Å². The first-order chi connectivity index (χ1) is 13.9. The summed E-state index contributed by atoms with van der Waals surface area (Å²) in [6.45, 7) is 0.752. The molecule has 0 unspecified atom stereocenters. The molecule has 3 aromatic heterocycles. The Morgan fingerprint density at radius 1 is 1.34 bits per heavy atom. The van der Waals surface area contributed by atoms with Crippen LogP contribution in [-0.4, -0.2) is 62.6 Å². The molecule has 8 nitrogen and oxygen atoms in total. The van der Waals surface area contributed by atoms with Gasteiger partial charge in [-0.2, -0.15) is 10.2 Å². The molecule has 0 atom stereocenters. The third-order valence-electron chi connectivity index (χ3n) is 5.43. The Kier molecular flexibility index (Phi) is 4.09. The molecule has 1 aliphatic heterocycles. The van der Waals surface area contributed by atoms with Crippen molar-refractivity contribution in [2.45, 2.75) is 18.5 Å². The minimum absolute atomic E-state index is 0.00229. The molecule has 1 aliphatic carbocycles. The van der Waals surface area contributed by atoms with Gasteiger partial charge in [0.15, 0.2) is 17.2 Å². The van der Waals surface area contributed by atoms with E-state index in [4.69, 9.17) is 4.74 Å². The van der Waals surface area contributed by atoms with Crippen LogP contribution >= 0.6 is 0 Å². The molecule has 0 radical (unpaired) electrons. The number of nitrogens with one attached hydrogen (secondary N) is 1. The van der Waals surface area contributed by atoms with Gasteiger partial charge in [0, 0.05) is 43.9 Å². The number of carbonyl (C=O) groups is 1. The largest absolute Gasteiger partial charge is 0.486 e. The Labute approximate surface area is 167 Å². The van der Waals surface area contributed by atoms with Crippen molar-refractivity contribution in [1.82, 2.24) is 24.3 Å². The zero-order valence-electron chi connectivity index (χ0n) is 16.4. The van der Waals surface area contributed by atoms with E-state index < -0.39 is 5.67 Å². The Morgan fingerprint density at radius 2 is 2.14 bits per heavy atom. The second kappa shape index (κ2) is 6.55. The van der Waals surface area contributed by atoms with E-state index in [0.29, 0.717) is 24.7 Å². The Bertz CT molecular complexity index is 1080. The van der Waals surface area contributed by atoms with Gasteiger partial charge in [-0.3, -0.25) is 14.4 Å². The number of carbonyl (C=O) groups excluding carboxylic acids is 1. The van der Waals surface area contributed by atoms with E-state index in [-0.39, 0.29) is 18.4 Å². The first-order valence-corrected chi connectivity index (χ1v) is 9.73. The van der Waals surface area contributed by atoms with Gasteiger partial charge in [-0.25, -0.2) is 8.91 Å². The molecule has 2 fully saturated rings. The lowest BCUT2D eigenvalue weighted by molar-refractivity contribution is -0.117.